The van der Waals surface area contributed by atoms with E-state index in [4.69, 9.17) is 11.5 Å². The van der Waals surface area contributed by atoms with Crippen molar-refractivity contribution in [2.45, 2.75) is 11.8 Å². The van der Waals surface area contributed by atoms with Crippen LogP contribution in [0.2, 0.25) is 0 Å². The lowest BCUT2D eigenvalue weighted by Gasteiger charge is -2.10. The number of aryl methyl sites for hydroxylation is 1. The highest BCUT2D eigenvalue weighted by molar-refractivity contribution is 7.92. The van der Waals surface area contributed by atoms with Gasteiger partial charge in [0, 0.05) is 11.3 Å². The van der Waals surface area contributed by atoms with Gasteiger partial charge in [0.2, 0.25) is 5.91 Å². The van der Waals surface area contributed by atoms with Crippen molar-refractivity contribution >= 4 is 27.3 Å². The van der Waals surface area contributed by atoms with Gasteiger partial charge in [0.05, 0.1) is 10.6 Å². The fourth-order valence-corrected chi connectivity index (χ4v) is 2.77. The van der Waals surface area contributed by atoms with E-state index in [1.54, 1.807) is 18.2 Å². The SMILES string of the molecule is Cc1ccc(NS(=O)(=O)c2ccc(C(N)=O)cc2)cc1N. The summed E-state index contributed by atoms with van der Waals surface area (Å²) in [4.78, 5) is 11.0. The van der Waals surface area contributed by atoms with E-state index in [2.05, 4.69) is 4.72 Å². The Kier molecular flexibility index (Phi) is 3.86. The predicted octanol–water partition coefficient (Wildman–Crippen LogP) is 1.48. The maximum absolute atomic E-state index is 12.2. The molecule has 0 atom stereocenters. The summed E-state index contributed by atoms with van der Waals surface area (Å²) < 4.78 is 26.8. The summed E-state index contributed by atoms with van der Waals surface area (Å²) in [5, 5.41) is 0. The molecule has 0 aliphatic rings. The second-order valence-corrected chi connectivity index (χ2v) is 6.25. The number of primary amides is 1. The van der Waals surface area contributed by atoms with Crippen molar-refractivity contribution < 1.29 is 13.2 Å². The fraction of sp³-hybridized carbons (Fsp3) is 0.0714. The molecule has 2 aromatic rings. The Hall–Kier alpha value is -2.54. The van der Waals surface area contributed by atoms with Crippen molar-refractivity contribution in [3.05, 3.63) is 53.6 Å². The number of nitrogens with two attached hydrogens (primary N) is 2. The molecule has 0 aromatic heterocycles. The highest BCUT2D eigenvalue weighted by Crippen LogP contribution is 2.20. The molecule has 0 heterocycles. The Morgan fingerprint density at radius 3 is 2.24 bits per heavy atom. The lowest BCUT2D eigenvalue weighted by atomic mass is 10.2. The van der Waals surface area contributed by atoms with Gasteiger partial charge in [-0.25, -0.2) is 8.42 Å². The zero-order valence-electron chi connectivity index (χ0n) is 11.3. The molecule has 2 aromatic carbocycles. The zero-order chi connectivity index (χ0) is 15.6. The number of hydrogen-bond donors (Lipinski definition) is 3. The molecule has 0 radical (unpaired) electrons. The van der Waals surface area contributed by atoms with Crippen molar-refractivity contribution in [3.63, 3.8) is 0 Å². The van der Waals surface area contributed by atoms with Crippen LogP contribution in [0.3, 0.4) is 0 Å². The molecule has 0 saturated heterocycles. The first-order chi connectivity index (χ1) is 9.79. The quantitative estimate of drug-likeness (QED) is 0.742. The molecule has 6 nitrogen and oxygen atoms in total. The van der Waals surface area contributed by atoms with Crippen LogP contribution in [0, 0.1) is 6.92 Å². The Balaban J connectivity index is 2.29. The second-order valence-electron chi connectivity index (χ2n) is 4.57. The number of nitrogens with one attached hydrogen (secondary N) is 1. The van der Waals surface area contributed by atoms with Gasteiger partial charge in [-0.15, -0.1) is 0 Å². The highest BCUT2D eigenvalue weighted by Gasteiger charge is 2.15. The van der Waals surface area contributed by atoms with Gasteiger partial charge in [-0.1, -0.05) is 6.07 Å². The number of benzene rings is 2. The predicted molar refractivity (Wildman–Crippen MR) is 81.4 cm³/mol. The summed E-state index contributed by atoms with van der Waals surface area (Å²) >= 11 is 0. The lowest BCUT2D eigenvalue weighted by Crippen LogP contribution is -2.14. The molecule has 0 bridgehead atoms. The summed E-state index contributed by atoms with van der Waals surface area (Å²) in [5.74, 6) is -0.613. The van der Waals surface area contributed by atoms with Crippen molar-refractivity contribution in [1.29, 1.82) is 0 Å². The van der Waals surface area contributed by atoms with Gasteiger partial charge in [0.15, 0.2) is 0 Å². The number of hydrogen-bond acceptors (Lipinski definition) is 4. The molecule has 0 saturated carbocycles. The molecule has 21 heavy (non-hydrogen) atoms. The van der Waals surface area contributed by atoms with E-state index < -0.39 is 15.9 Å². The van der Waals surface area contributed by atoms with Crippen LogP contribution < -0.4 is 16.2 Å². The molecule has 5 N–H and O–H groups in total. The van der Waals surface area contributed by atoms with E-state index >= 15 is 0 Å². The minimum absolute atomic E-state index is 0.0339. The van der Waals surface area contributed by atoms with Gasteiger partial charge in [0.25, 0.3) is 10.0 Å². The van der Waals surface area contributed by atoms with Gasteiger partial charge in [-0.05, 0) is 48.9 Å². The zero-order valence-corrected chi connectivity index (χ0v) is 12.1. The molecule has 0 fully saturated rings. The Morgan fingerprint density at radius 1 is 1.10 bits per heavy atom. The maximum atomic E-state index is 12.2. The molecule has 0 unspecified atom stereocenters. The average Bonchev–Trinajstić information content (AvgIpc) is 2.43. The number of anilines is 2. The normalized spacial score (nSPS) is 11.1. The molecule has 7 heteroatoms. The van der Waals surface area contributed by atoms with Gasteiger partial charge in [-0.2, -0.15) is 0 Å². The van der Waals surface area contributed by atoms with Gasteiger partial charge < -0.3 is 11.5 Å². The third kappa shape index (κ3) is 3.32. The molecule has 0 spiro atoms. The minimum atomic E-state index is -3.74. The molecule has 2 rings (SSSR count). The van der Waals surface area contributed by atoms with Crippen LogP contribution in [-0.2, 0) is 10.0 Å². The summed E-state index contributed by atoms with van der Waals surface area (Å²) in [5.41, 5.74) is 12.8. The first kappa shape index (κ1) is 14.9. The van der Waals surface area contributed by atoms with Crippen molar-refractivity contribution in [1.82, 2.24) is 0 Å². The summed E-state index contributed by atoms with van der Waals surface area (Å²) in [6.07, 6.45) is 0. The Labute approximate surface area is 122 Å². The first-order valence-electron chi connectivity index (χ1n) is 6.08. The minimum Gasteiger partial charge on any atom is -0.398 e. The van der Waals surface area contributed by atoms with Crippen LogP contribution in [0.15, 0.2) is 47.4 Å². The van der Waals surface area contributed by atoms with E-state index in [-0.39, 0.29) is 10.5 Å². The number of rotatable bonds is 4. The Bertz CT molecular complexity index is 784. The summed E-state index contributed by atoms with van der Waals surface area (Å²) in [6.45, 7) is 1.83. The lowest BCUT2D eigenvalue weighted by molar-refractivity contribution is 0.1000. The largest absolute Gasteiger partial charge is 0.398 e. The van der Waals surface area contributed by atoms with Gasteiger partial charge >= 0.3 is 0 Å². The van der Waals surface area contributed by atoms with E-state index in [9.17, 15) is 13.2 Å². The molecule has 0 aliphatic heterocycles. The van der Waals surface area contributed by atoms with Crippen LogP contribution in [-0.4, -0.2) is 14.3 Å². The van der Waals surface area contributed by atoms with Crippen LogP contribution in [0.5, 0.6) is 0 Å². The third-order valence-corrected chi connectivity index (χ3v) is 4.38. The monoisotopic (exact) mass is 305 g/mol. The average molecular weight is 305 g/mol. The van der Waals surface area contributed by atoms with Crippen molar-refractivity contribution in [2.24, 2.45) is 5.73 Å². The number of nitrogen functional groups attached to an aromatic ring is 1. The summed E-state index contributed by atoms with van der Waals surface area (Å²) in [6, 6.07) is 10.3. The van der Waals surface area contributed by atoms with E-state index in [0.29, 0.717) is 11.4 Å². The fourth-order valence-electron chi connectivity index (χ4n) is 1.72. The number of amides is 1. The molecule has 0 aliphatic carbocycles. The van der Waals surface area contributed by atoms with Crippen molar-refractivity contribution in [2.75, 3.05) is 10.5 Å². The maximum Gasteiger partial charge on any atom is 0.261 e. The second kappa shape index (κ2) is 5.45. The standard InChI is InChI=1S/C14H15N3O3S/c1-9-2-5-11(8-13(9)15)17-21(19,20)12-6-3-10(4-7-12)14(16)18/h2-8,17H,15H2,1H3,(H2,16,18). The van der Waals surface area contributed by atoms with Crippen LogP contribution in [0.25, 0.3) is 0 Å². The number of carbonyl (C=O) groups excluding carboxylic acids is 1. The topological polar surface area (TPSA) is 115 Å². The molecular weight excluding hydrogens is 290 g/mol. The van der Waals surface area contributed by atoms with Crippen LogP contribution in [0.4, 0.5) is 11.4 Å². The molecule has 110 valence electrons. The molecule has 1 amide bonds. The van der Waals surface area contributed by atoms with Crippen LogP contribution >= 0.6 is 0 Å². The number of sulfonamides is 1. The first-order valence-corrected chi connectivity index (χ1v) is 7.57. The molecular formula is C14H15N3O3S. The number of carbonyl (C=O) groups is 1. The third-order valence-electron chi connectivity index (χ3n) is 2.98. The van der Waals surface area contributed by atoms with E-state index in [1.165, 1.54) is 24.3 Å². The van der Waals surface area contributed by atoms with Crippen LogP contribution in [0.1, 0.15) is 15.9 Å². The highest BCUT2D eigenvalue weighted by atomic mass is 32.2. The van der Waals surface area contributed by atoms with Gasteiger partial charge in [0.1, 0.15) is 0 Å². The van der Waals surface area contributed by atoms with Crippen molar-refractivity contribution in [3.8, 4) is 0 Å². The van der Waals surface area contributed by atoms with E-state index in [1.807, 2.05) is 6.92 Å². The van der Waals surface area contributed by atoms with Gasteiger partial charge in [-0.3, -0.25) is 9.52 Å². The Morgan fingerprint density at radius 2 is 1.71 bits per heavy atom. The smallest absolute Gasteiger partial charge is 0.261 e. The van der Waals surface area contributed by atoms with E-state index in [0.717, 1.165) is 5.56 Å². The summed E-state index contributed by atoms with van der Waals surface area (Å²) in [7, 11) is -3.74.